The maximum Gasteiger partial charge on any atom is 0.165 e. The molecule has 0 aliphatic carbocycles. The summed E-state index contributed by atoms with van der Waals surface area (Å²) >= 11 is 0. The predicted molar refractivity (Wildman–Crippen MR) is 121 cm³/mol. The molecule has 4 rings (SSSR count). The average molecular weight is 459 g/mol. The molecule has 1 aromatic carbocycles. The smallest absolute Gasteiger partial charge is 0.165 e. The molecule has 2 aromatic heterocycles. The van der Waals surface area contributed by atoms with Crippen molar-refractivity contribution in [1.82, 2.24) is 9.97 Å². The van der Waals surface area contributed by atoms with Crippen LogP contribution in [-0.2, 0) is 21.8 Å². The van der Waals surface area contributed by atoms with Crippen LogP contribution in [-0.4, -0.2) is 41.4 Å². The molecule has 6 nitrogen and oxygen atoms in total. The summed E-state index contributed by atoms with van der Waals surface area (Å²) < 4.78 is 53.5. The topological polar surface area (TPSA) is 98.3 Å². The Morgan fingerprint density at radius 3 is 2.59 bits per heavy atom. The van der Waals surface area contributed by atoms with E-state index in [1.165, 1.54) is 26.0 Å². The molecule has 0 fully saturated rings. The highest BCUT2D eigenvalue weighted by Gasteiger charge is 2.51. The van der Waals surface area contributed by atoms with E-state index in [2.05, 4.69) is 15.0 Å². The van der Waals surface area contributed by atoms with Crippen molar-refractivity contribution in [2.24, 2.45) is 10.7 Å². The van der Waals surface area contributed by atoms with Gasteiger partial charge in [-0.1, -0.05) is 6.07 Å². The third-order valence-electron chi connectivity index (χ3n) is 6.09. The summed E-state index contributed by atoms with van der Waals surface area (Å²) in [6.07, 6.45) is 3.72. The number of amidine groups is 1. The third kappa shape index (κ3) is 3.54. The van der Waals surface area contributed by atoms with Crippen molar-refractivity contribution < 1.29 is 17.2 Å². The van der Waals surface area contributed by atoms with Gasteiger partial charge in [-0.05, 0) is 56.2 Å². The van der Waals surface area contributed by atoms with Gasteiger partial charge in [0.1, 0.15) is 28.6 Å². The van der Waals surface area contributed by atoms with Crippen molar-refractivity contribution in [2.75, 3.05) is 12.4 Å². The molecular weight excluding hydrogens is 434 g/mol. The number of hydrogen-bond donors (Lipinski definition) is 1. The number of pyridine rings is 2. The monoisotopic (exact) mass is 458 g/mol. The van der Waals surface area contributed by atoms with E-state index >= 15 is 0 Å². The second kappa shape index (κ2) is 7.58. The molecule has 3 aromatic rings. The Morgan fingerprint density at radius 1 is 1.16 bits per heavy atom. The molecule has 0 saturated carbocycles. The summed E-state index contributed by atoms with van der Waals surface area (Å²) in [5.74, 6) is -1.64. The zero-order valence-electron chi connectivity index (χ0n) is 18.1. The highest BCUT2D eigenvalue weighted by Crippen LogP contribution is 2.39. The van der Waals surface area contributed by atoms with Gasteiger partial charge in [0.2, 0.25) is 0 Å². The maximum absolute atomic E-state index is 14.9. The van der Waals surface area contributed by atoms with Crippen LogP contribution in [0.1, 0.15) is 36.2 Å². The molecule has 0 amide bonds. The number of nitrogens with zero attached hydrogens (tertiary/aromatic N) is 3. The summed E-state index contributed by atoms with van der Waals surface area (Å²) in [6, 6.07) is 8.07. The minimum atomic E-state index is -3.88. The number of aliphatic imine (C=N–C) groups is 1. The largest absolute Gasteiger partial charge is 0.386 e. The van der Waals surface area contributed by atoms with Crippen LogP contribution in [0.2, 0.25) is 0 Å². The van der Waals surface area contributed by atoms with Crippen molar-refractivity contribution in [3.05, 3.63) is 70.9 Å². The van der Waals surface area contributed by atoms with Crippen LogP contribution in [0.5, 0.6) is 0 Å². The van der Waals surface area contributed by atoms with E-state index in [4.69, 9.17) is 5.73 Å². The van der Waals surface area contributed by atoms with E-state index in [-0.39, 0.29) is 11.4 Å². The first-order valence-electron chi connectivity index (χ1n) is 10.1. The Labute approximate surface area is 185 Å². The zero-order valence-corrected chi connectivity index (χ0v) is 18.9. The van der Waals surface area contributed by atoms with Gasteiger partial charge >= 0.3 is 0 Å². The van der Waals surface area contributed by atoms with Crippen LogP contribution in [0.4, 0.5) is 8.78 Å². The summed E-state index contributed by atoms with van der Waals surface area (Å²) in [6.45, 7) is 3.58. The zero-order chi connectivity index (χ0) is 23.3. The summed E-state index contributed by atoms with van der Waals surface area (Å²) in [7, 11) is -3.88. The summed E-state index contributed by atoms with van der Waals surface area (Å²) in [5.41, 5.74) is 6.90. The van der Waals surface area contributed by atoms with Crippen LogP contribution in [0, 0.1) is 12.7 Å². The van der Waals surface area contributed by atoms with Gasteiger partial charge in [0, 0.05) is 29.8 Å². The minimum absolute atomic E-state index is 0.136. The van der Waals surface area contributed by atoms with E-state index in [1.54, 1.807) is 18.5 Å². The van der Waals surface area contributed by atoms with Gasteiger partial charge in [0.15, 0.2) is 9.84 Å². The lowest BCUT2D eigenvalue weighted by Crippen LogP contribution is -2.56. The van der Waals surface area contributed by atoms with Crippen molar-refractivity contribution in [3.8, 4) is 0 Å². The number of halogens is 2. The average Bonchev–Trinajstić information content (AvgIpc) is 2.73. The molecule has 1 unspecified atom stereocenters. The maximum atomic E-state index is 14.9. The quantitative estimate of drug-likeness (QED) is 0.646. The van der Waals surface area contributed by atoms with Crippen LogP contribution < -0.4 is 5.73 Å². The normalized spacial score (nSPS) is 22.0. The molecule has 0 saturated heterocycles. The molecule has 2 N–H and O–H groups in total. The fourth-order valence-corrected chi connectivity index (χ4v) is 5.57. The lowest BCUT2D eigenvalue weighted by molar-refractivity contribution is 0.323. The Kier molecular flexibility index (Phi) is 5.27. The SMILES string of the molecule is Cc1cnc2c(Cc3ccc(F)c(C4(CF)CS(=O)(=O)C(C)(C)C(N)=N4)c3)nccc2c1. The number of rotatable bonds is 4. The number of benzene rings is 1. The highest BCUT2D eigenvalue weighted by molar-refractivity contribution is 7.93. The number of aryl methyl sites for hydroxylation is 1. The number of sulfone groups is 1. The number of fused-ring (bicyclic) bond motifs is 1. The Balaban J connectivity index is 1.81. The molecule has 0 spiro atoms. The number of hydrogen-bond acceptors (Lipinski definition) is 6. The Hall–Kier alpha value is -2.94. The molecule has 32 heavy (non-hydrogen) atoms. The van der Waals surface area contributed by atoms with Crippen LogP contribution in [0.15, 0.2) is 47.7 Å². The van der Waals surface area contributed by atoms with Gasteiger partial charge in [-0.2, -0.15) is 0 Å². The van der Waals surface area contributed by atoms with E-state index in [1.807, 2.05) is 19.1 Å². The molecule has 9 heteroatoms. The molecule has 0 bridgehead atoms. The molecule has 0 radical (unpaired) electrons. The first-order valence-corrected chi connectivity index (χ1v) is 11.8. The van der Waals surface area contributed by atoms with E-state index in [0.29, 0.717) is 23.2 Å². The molecular formula is C23H24F2N4O2S. The molecule has 1 aliphatic rings. The second-order valence-electron chi connectivity index (χ2n) is 8.76. The van der Waals surface area contributed by atoms with Gasteiger partial charge in [0.05, 0.1) is 17.0 Å². The molecule has 1 atom stereocenters. The van der Waals surface area contributed by atoms with Crippen molar-refractivity contribution in [3.63, 3.8) is 0 Å². The fraction of sp³-hybridized carbons (Fsp3) is 0.348. The number of nitrogens with two attached hydrogens (primary N) is 1. The Bertz CT molecular complexity index is 1360. The molecule has 1 aliphatic heterocycles. The van der Waals surface area contributed by atoms with Gasteiger partial charge in [-0.15, -0.1) is 0 Å². The number of alkyl halides is 1. The minimum Gasteiger partial charge on any atom is -0.386 e. The second-order valence-corrected chi connectivity index (χ2v) is 11.3. The number of aromatic nitrogens is 2. The Morgan fingerprint density at radius 2 is 1.91 bits per heavy atom. The predicted octanol–water partition coefficient (Wildman–Crippen LogP) is 3.40. The fourth-order valence-electron chi connectivity index (χ4n) is 3.92. The van der Waals surface area contributed by atoms with Crippen molar-refractivity contribution >= 4 is 26.6 Å². The van der Waals surface area contributed by atoms with E-state index in [9.17, 15) is 17.2 Å². The van der Waals surface area contributed by atoms with Crippen molar-refractivity contribution in [2.45, 2.75) is 37.5 Å². The lowest BCUT2D eigenvalue weighted by atomic mass is 9.90. The van der Waals surface area contributed by atoms with Gasteiger partial charge < -0.3 is 5.73 Å². The van der Waals surface area contributed by atoms with Crippen molar-refractivity contribution in [1.29, 1.82) is 0 Å². The molecule has 168 valence electrons. The van der Waals surface area contributed by atoms with Gasteiger partial charge in [-0.25, -0.2) is 17.2 Å². The first kappa shape index (κ1) is 22.3. The molecule has 3 heterocycles. The van der Waals surface area contributed by atoms with Crippen LogP contribution in [0.3, 0.4) is 0 Å². The third-order valence-corrected chi connectivity index (χ3v) is 8.72. The van der Waals surface area contributed by atoms with E-state index < -0.39 is 38.4 Å². The lowest BCUT2D eigenvalue weighted by Gasteiger charge is -2.38. The van der Waals surface area contributed by atoms with E-state index in [0.717, 1.165) is 10.9 Å². The van der Waals surface area contributed by atoms with Crippen LogP contribution in [0.25, 0.3) is 10.9 Å². The summed E-state index contributed by atoms with van der Waals surface area (Å²) in [4.78, 5) is 13.1. The standard InChI is InChI=1S/C23H24F2N4O2S/c1-14-8-16-6-7-27-19(20(16)28-11-14)10-15-4-5-18(25)17(9-15)23(12-24)13-32(30,31)22(2,3)21(26)29-23/h4-9,11H,10,12-13H2,1-3H3,(H2,26,29). The van der Waals surface area contributed by atoms with Gasteiger partial charge in [-0.3, -0.25) is 15.0 Å². The first-order chi connectivity index (χ1) is 15.0. The highest BCUT2D eigenvalue weighted by atomic mass is 32.2. The van der Waals surface area contributed by atoms with Gasteiger partial charge in [0.25, 0.3) is 0 Å². The summed E-state index contributed by atoms with van der Waals surface area (Å²) in [5, 5.41) is 0.926. The van der Waals surface area contributed by atoms with Crippen LogP contribution >= 0.6 is 0 Å².